The highest BCUT2D eigenvalue weighted by molar-refractivity contribution is 7.83. The van der Waals surface area contributed by atoms with Crippen LogP contribution in [-0.4, -0.2) is 29.6 Å². The molecular formula is C25H40NP2Si2-. The molecule has 2 aromatic rings. The molecule has 0 unspecified atom stereocenters. The number of nitrogens with zero attached hydrogens (tertiary/aromatic N) is 1. The van der Waals surface area contributed by atoms with Crippen molar-refractivity contribution in [2.45, 2.75) is 58.5 Å². The second-order valence-electron chi connectivity index (χ2n) is 11.1. The van der Waals surface area contributed by atoms with Crippen LogP contribution in [0.25, 0.3) is 5.20 Å². The molecule has 0 aromatic heterocycles. The van der Waals surface area contributed by atoms with Crippen LogP contribution in [0.5, 0.6) is 0 Å². The van der Waals surface area contributed by atoms with Crippen molar-refractivity contribution in [2.75, 3.05) is 13.3 Å². The molecule has 2 aromatic carbocycles. The van der Waals surface area contributed by atoms with E-state index in [2.05, 4.69) is 127 Å². The van der Waals surface area contributed by atoms with Gasteiger partial charge in [0.1, 0.15) is 0 Å². The third kappa shape index (κ3) is 6.39. The lowest BCUT2D eigenvalue weighted by molar-refractivity contribution is 0.730. The molecule has 164 valence electrons. The molecule has 0 fully saturated rings. The molecule has 0 spiro atoms. The molecule has 0 aliphatic rings. The van der Waals surface area contributed by atoms with Gasteiger partial charge in [-0.3, -0.25) is 0 Å². The Hall–Kier alpha value is -0.726. The summed E-state index contributed by atoms with van der Waals surface area (Å²) < 4.78 is 5.59. The Kier molecular flexibility index (Phi) is 8.01. The molecule has 30 heavy (non-hydrogen) atoms. The second-order valence-corrected chi connectivity index (χ2v) is 26.2. The average molecular weight is 473 g/mol. The maximum atomic E-state index is 5.59. The van der Waals surface area contributed by atoms with Gasteiger partial charge in [-0.25, -0.2) is 0 Å². The highest BCUT2D eigenvalue weighted by atomic mass is 31.2. The Balaban J connectivity index is 2.96. The Morgan fingerprint density at radius 2 is 1.27 bits per heavy atom. The van der Waals surface area contributed by atoms with Crippen molar-refractivity contribution in [3.63, 3.8) is 0 Å². The largest absolute Gasteiger partial charge is 0.470 e. The van der Waals surface area contributed by atoms with E-state index in [0.29, 0.717) is 0 Å². The van der Waals surface area contributed by atoms with Crippen molar-refractivity contribution >= 4 is 42.4 Å². The normalized spacial score (nSPS) is 14.7. The molecule has 0 aliphatic heterocycles. The zero-order valence-corrected chi connectivity index (χ0v) is 24.4. The number of rotatable bonds is 6. The first kappa shape index (κ1) is 25.5. The lowest BCUT2D eigenvalue weighted by atomic mass is 10.2. The number of benzene rings is 2. The lowest BCUT2D eigenvalue weighted by Crippen LogP contribution is -2.39. The highest BCUT2D eigenvalue weighted by Gasteiger charge is 2.40. The Labute approximate surface area is 189 Å². The van der Waals surface area contributed by atoms with Crippen LogP contribution in [0.1, 0.15) is 26.3 Å². The summed E-state index contributed by atoms with van der Waals surface area (Å²) in [6.45, 7) is 24.4. The Morgan fingerprint density at radius 1 is 0.800 bits per heavy atom. The second kappa shape index (κ2) is 9.41. The zero-order chi connectivity index (χ0) is 22.8. The van der Waals surface area contributed by atoms with Gasteiger partial charge in [-0.05, 0) is 31.0 Å². The first-order valence-electron chi connectivity index (χ1n) is 10.8. The van der Waals surface area contributed by atoms with Crippen molar-refractivity contribution in [3.05, 3.63) is 71.3 Å². The van der Waals surface area contributed by atoms with E-state index in [9.17, 15) is 0 Å². The molecule has 0 saturated heterocycles. The van der Waals surface area contributed by atoms with Gasteiger partial charge < -0.3 is 13.0 Å². The minimum Gasteiger partial charge on any atom is -0.470 e. The zero-order valence-electron chi connectivity index (χ0n) is 20.6. The van der Waals surface area contributed by atoms with E-state index in [-0.39, 0.29) is 5.04 Å². The van der Waals surface area contributed by atoms with Gasteiger partial charge in [0.25, 0.3) is 0 Å². The highest BCUT2D eigenvalue weighted by Crippen LogP contribution is 2.64. The van der Waals surface area contributed by atoms with Gasteiger partial charge in [0.15, 0.2) is 8.24 Å². The first-order chi connectivity index (χ1) is 13.7. The Morgan fingerprint density at radius 3 is 1.70 bits per heavy atom. The molecule has 0 heterocycles. The molecule has 0 atom stereocenters. The summed E-state index contributed by atoms with van der Waals surface area (Å²) >= 11 is 0. The monoisotopic (exact) mass is 472 g/mol. The third-order valence-electron chi connectivity index (χ3n) is 5.85. The van der Waals surface area contributed by atoms with Gasteiger partial charge >= 0.3 is 0 Å². The SMILES string of the molecule is CC(C)(C)[Si](C)(C)/C(=C(\[P-]c1ccccc1)P(C)(C)=N[Si](C)(C)C)c1ccccc1. The minimum absolute atomic E-state index is 0.259. The fraction of sp³-hybridized carbons (Fsp3) is 0.440. The quantitative estimate of drug-likeness (QED) is 0.294. The van der Waals surface area contributed by atoms with E-state index < -0.39 is 23.4 Å². The molecule has 0 bridgehead atoms. The van der Waals surface area contributed by atoms with Crippen LogP contribution >= 0.6 is 15.6 Å². The van der Waals surface area contributed by atoms with Crippen molar-refractivity contribution < 1.29 is 0 Å². The molecule has 1 nitrogen and oxygen atoms in total. The van der Waals surface area contributed by atoms with E-state index >= 15 is 0 Å². The van der Waals surface area contributed by atoms with Crippen LogP contribution < -0.4 is 5.30 Å². The molecule has 0 N–H and O–H groups in total. The molecule has 0 aliphatic carbocycles. The van der Waals surface area contributed by atoms with Crippen molar-refractivity contribution in [2.24, 2.45) is 4.41 Å². The van der Waals surface area contributed by atoms with E-state index in [4.69, 9.17) is 4.41 Å². The standard InChI is InChI=1S/C25H40NP2Si2/c1-25(2,3)30(9,10)23(21-17-13-11-14-18-21)24(27-22-19-15-12-16-20-22)28(4,5)26-29(6,7)8/h11-20H,1-10H3/q-1/b24-23+. The fourth-order valence-corrected chi connectivity index (χ4v) is 18.1. The van der Waals surface area contributed by atoms with Gasteiger partial charge in [0, 0.05) is 0 Å². The predicted octanol–water partition coefficient (Wildman–Crippen LogP) is 8.97. The molecule has 0 amide bonds. The smallest absolute Gasteiger partial charge is 0.170 e. The molecular weight excluding hydrogens is 432 g/mol. The summed E-state index contributed by atoms with van der Waals surface area (Å²) in [4.78, 5) is 0. The average Bonchev–Trinajstić information content (AvgIpc) is 2.60. The van der Waals surface area contributed by atoms with Crippen LogP contribution in [0, 0.1) is 0 Å². The van der Waals surface area contributed by atoms with Gasteiger partial charge in [0.05, 0.1) is 8.07 Å². The van der Waals surface area contributed by atoms with Crippen LogP contribution in [-0.2, 0) is 0 Å². The fourth-order valence-electron chi connectivity index (χ4n) is 3.62. The molecule has 0 radical (unpaired) electrons. The van der Waals surface area contributed by atoms with Crippen LogP contribution in [0.4, 0.5) is 0 Å². The topological polar surface area (TPSA) is 12.4 Å². The summed E-state index contributed by atoms with van der Waals surface area (Å²) in [6.07, 6.45) is 0. The lowest BCUT2D eigenvalue weighted by Gasteiger charge is -2.46. The number of hydrogen-bond acceptors (Lipinski definition) is 1. The maximum Gasteiger partial charge on any atom is 0.170 e. The van der Waals surface area contributed by atoms with E-state index in [0.717, 1.165) is 0 Å². The Bertz CT molecular complexity index is 929. The molecule has 2 rings (SSSR count). The molecule has 0 saturated carbocycles. The first-order valence-corrected chi connectivity index (χ1v) is 20.8. The van der Waals surface area contributed by atoms with Crippen molar-refractivity contribution in [1.82, 2.24) is 0 Å². The van der Waals surface area contributed by atoms with Crippen molar-refractivity contribution in [1.29, 1.82) is 0 Å². The van der Waals surface area contributed by atoms with E-state index in [1.165, 1.54) is 19.4 Å². The maximum absolute atomic E-state index is 5.59. The van der Waals surface area contributed by atoms with Crippen LogP contribution in [0.3, 0.4) is 0 Å². The predicted molar refractivity (Wildman–Crippen MR) is 148 cm³/mol. The third-order valence-corrected chi connectivity index (χ3v) is 20.2. The van der Waals surface area contributed by atoms with E-state index in [1.54, 1.807) is 10.3 Å². The summed E-state index contributed by atoms with van der Waals surface area (Å²) in [7, 11) is -3.70. The van der Waals surface area contributed by atoms with Crippen molar-refractivity contribution in [3.8, 4) is 0 Å². The van der Waals surface area contributed by atoms with Gasteiger partial charge in [-0.15, -0.1) is 0 Å². The summed E-state index contributed by atoms with van der Waals surface area (Å²) in [5.41, 5.74) is 1.40. The molecule has 5 heteroatoms. The number of hydrogen-bond donors (Lipinski definition) is 0. The summed E-state index contributed by atoms with van der Waals surface area (Å²) in [5, 5.41) is 4.85. The van der Waals surface area contributed by atoms with Gasteiger partial charge in [-0.2, -0.15) is 10.4 Å². The van der Waals surface area contributed by atoms with E-state index in [1.807, 2.05) is 0 Å². The minimum atomic E-state index is -1.82. The van der Waals surface area contributed by atoms with Crippen LogP contribution in [0.15, 0.2) is 70.1 Å². The summed E-state index contributed by atoms with van der Waals surface area (Å²) in [5.74, 6) is 0. The van der Waals surface area contributed by atoms with Crippen LogP contribution in [0.2, 0.25) is 37.8 Å². The van der Waals surface area contributed by atoms with Gasteiger partial charge in [-0.1, -0.05) is 119 Å². The van der Waals surface area contributed by atoms with Gasteiger partial charge in [0.2, 0.25) is 0 Å². The summed E-state index contributed by atoms with van der Waals surface area (Å²) in [6, 6.07) is 22.1.